The lowest BCUT2D eigenvalue weighted by molar-refractivity contribution is 1.37. The molecule has 0 saturated heterocycles. The van der Waals surface area contributed by atoms with Crippen LogP contribution in [0.4, 0.5) is 0 Å². The van der Waals surface area contributed by atoms with E-state index in [0.717, 1.165) is 9.21 Å². The van der Waals surface area contributed by atoms with Crippen LogP contribution in [0, 0.1) is 3.82 Å². The van der Waals surface area contributed by atoms with Gasteiger partial charge in [0.25, 0.3) is 0 Å². The molecule has 1 nitrogen and oxygen atoms in total. The van der Waals surface area contributed by atoms with E-state index in [0.29, 0.717) is 0 Å². The fourth-order valence-corrected chi connectivity index (χ4v) is 3.31. The largest absolute Gasteiger partial charge is 0.264 e. The summed E-state index contributed by atoms with van der Waals surface area (Å²) in [5.41, 5.74) is 0. The number of pyridine rings is 1. The van der Waals surface area contributed by atoms with E-state index in [1.54, 1.807) is 26.9 Å². The maximum atomic E-state index is 5.08. The topological polar surface area (TPSA) is 12.9 Å². The Morgan fingerprint density at radius 2 is 2.30 bits per heavy atom. The number of fused-ring (bicyclic) bond motifs is 1. The van der Waals surface area contributed by atoms with Crippen molar-refractivity contribution in [2.24, 2.45) is 0 Å². The van der Waals surface area contributed by atoms with Crippen LogP contribution in [0.2, 0.25) is 0 Å². The van der Waals surface area contributed by atoms with Gasteiger partial charge in [0.1, 0.15) is 3.82 Å². The molecule has 0 unspecified atom stereocenters. The average molecular weight is 185 g/mol. The van der Waals surface area contributed by atoms with Crippen molar-refractivity contribution in [2.45, 2.75) is 0 Å². The third-order valence-corrected chi connectivity index (χ3v) is 4.27. The summed E-state index contributed by atoms with van der Waals surface area (Å²) in [5.74, 6) is 0. The molecule has 50 valence electrons. The number of hydrogen-bond donors (Lipinski definition) is 0. The number of aromatic nitrogens is 1. The van der Waals surface area contributed by atoms with Gasteiger partial charge in [-0.1, -0.05) is 32.9 Å². The average Bonchev–Trinajstić information content (AvgIpc) is 2.34. The van der Waals surface area contributed by atoms with Crippen LogP contribution < -0.4 is 0 Å². The first-order chi connectivity index (χ1) is 4.88. The molecule has 0 bridgehead atoms. The minimum absolute atomic E-state index is 0.952. The normalized spacial score (nSPS) is 10.4. The Labute approximate surface area is 70.4 Å². The number of nitrogens with zero attached hydrogens (tertiary/aromatic N) is 1. The molecular weight excluding hydrogens is 182 g/mol. The first-order valence-corrected chi connectivity index (χ1v) is 5.26. The Bertz CT molecular complexity index is 400. The van der Waals surface area contributed by atoms with Gasteiger partial charge in [0.05, 0.1) is 4.70 Å². The van der Waals surface area contributed by atoms with Gasteiger partial charge in [-0.25, -0.2) is 0 Å². The summed E-state index contributed by atoms with van der Waals surface area (Å²) in [7, 11) is 3.35. The van der Waals surface area contributed by atoms with E-state index in [1.165, 1.54) is 4.70 Å². The van der Waals surface area contributed by atoms with E-state index >= 15 is 0 Å². The van der Waals surface area contributed by atoms with E-state index in [1.807, 2.05) is 12.3 Å². The predicted octanol–water partition coefficient (Wildman–Crippen LogP) is 3.09. The van der Waals surface area contributed by atoms with E-state index < -0.39 is 0 Å². The number of rotatable bonds is 0. The van der Waals surface area contributed by atoms with Gasteiger partial charge < -0.3 is 0 Å². The fourth-order valence-electron chi connectivity index (χ4n) is 0.735. The zero-order valence-electron chi connectivity index (χ0n) is 4.90. The van der Waals surface area contributed by atoms with Crippen LogP contribution >= 0.6 is 32.9 Å². The minimum atomic E-state index is 0.952. The summed E-state index contributed by atoms with van der Waals surface area (Å²) < 4.78 is 2.19. The van der Waals surface area contributed by atoms with Crippen molar-refractivity contribution >= 4 is 43.0 Å². The van der Waals surface area contributed by atoms with Crippen LogP contribution in [0.1, 0.15) is 0 Å². The number of hydrogen-bond acceptors (Lipinski definition) is 4. The zero-order valence-corrected chi connectivity index (χ0v) is 7.35. The van der Waals surface area contributed by atoms with Gasteiger partial charge in [-0.3, -0.25) is 4.98 Å². The van der Waals surface area contributed by atoms with Crippen molar-refractivity contribution in [1.29, 1.82) is 0 Å². The molecule has 4 heteroatoms. The molecule has 2 aromatic rings. The van der Waals surface area contributed by atoms with Crippen molar-refractivity contribution in [1.82, 2.24) is 4.98 Å². The standard InChI is InChI=1S/C6H3NS3/c8-6-4-3-7-2-1-5(4)9-10-6/h1-3H. The van der Waals surface area contributed by atoms with E-state index in [4.69, 9.17) is 12.2 Å². The quantitative estimate of drug-likeness (QED) is 0.462. The van der Waals surface area contributed by atoms with Crippen molar-refractivity contribution in [3.05, 3.63) is 22.3 Å². The van der Waals surface area contributed by atoms with E-state index in [9.17, 15) is 0 Å². The molecule has 0 aliphatic heterocycles. The lowest BCUT2D eigenvalue weighted by Gasteiger charge is -1.81. The minimum Gasteiger partial charge on any atom is -0.264 e. The first-order valence-electron chi connectivity index (χ1n) is 2.71. The monoisotopic (exact) mass is 185 g/mol. The van der Waals surface area contributed by atoms with Crippen LogP contribution in [0.15, 0.2) is 18.5 Å². The van der Waals surface area contributed by atoms with Crippen LogP contribution in [0.5, 0.6) is 0 Å². The fraction of sp³-hybridized carbons (Fsp3) is 0. The van der Waals surface area contributed by atoms with E-state index in [2.05, 4.69) is 4.98 Å². The second-order valence-corrected chi connectivity index (χ2v) is 4.67. The van der Waals surface area contributed by atoms with Crippen LogP contribution in [0.25, 0.3) is 10.1 Å². The second kappa shape index (κ2) is 2.38. The molecule has 0 fully saturated rings. The van der Waals surface area contributed by atoms with Crippen molar-refractivity contribution in [3.8, 4) is 0 Å². The predicted molar refractivity (Wildman–Crippen MR) is 48.3 cm³/mol. The highest BCUT2D eigenvalue weighted by Crippen LogP contribution is 2.25. The highest BCUT2D eigenvalue weighted by molar-refractivity contribution is 7.81. The smallest absolute Gasteiger partial charge is 0.111 e. The highest BCUT2D eigenvalue weighted by atomic mass is 32.9. The molecule has 10 heavy (non-hydrogen) atoms. The van der Waals surface area contributed by atoms with Gasteiger partial charge in [0.15, 0.2) is 0 Å². The van der Waals surface area contributed by atoms with Crippen LogP contribution in [0.3, 0.4) is 0 Å². The lowest BCUT2D eigenvalue weighted by Crippen LogP contribution is -1.65. The molecule has 0 saturated carbocycles. The molecule has 0 spiro atoms. The molecule has 0 aliphatic carbocycles. The Balaban J connectivity index is 3.07. The Morgan fingerprint density at radius 1 is 1.40 bits per heavy atom. The van der Waals surface area contributed by atoms with E-state index in [-0.39, 0.29) is 0 Å². The van der Waals surface area contributed by atoms with Gasteiger partial charge in [-0.2, -0.15) is 0 Å². The van der Waals surface area contributed by atoms with Crippen molar-refractivity contribution in [3.63, 3.8) is 0 Å². The zero-order chi connectivity index (χ0) is 6.97. The Hall–Kier alpha value is -0.320. The summed E-state index contributed by atoms with van der Waals surface area (Å²) >= 11 is 5.08. The molecule has 0 radical (unpaired) electrons. The summed E-state index contributed by atoms with van der Waals surface area (Å²) in [5, 5.41) is 1.12. The first kappa shape index (κ1) is 6.39. The third kappa shape index (κ3) is 0.885. The molecule has 0 aliphatic rings. The van der Waals surface area contributed by atoms with Crippen LogP contribution in [-0.4, -0.2) is 4.98 Å². The molecular formula is C6H3NS3. The Kier molecular flexibility index (Phi) is 1.52. The highest BCUT2D eigenvalue weighted by Gasteiger charge is 1.95. The van der Waals surface area contributed by atoms with Gasteiger partial charge in [-0.05, 0) is 6.07 Å². The van der Waals surface area contributed by atoms with Gasteiger partial charge in [0, 0.05) is 17.8 Å². The molecule has 0 atom stereocenters. The molecule has 2 heterocycles. The third-order valence-electron chi connectivity index (χ3n) is 1.21. The lowest BCUT2D eigenvalue weighted by atomic mass is 10.4. The molecule has 0 amide bonds. The maximum absolute atomic E-state index is 5.08. The SMILES string of the molecule is S=c1ssc2ccncc12. The Morgan fingerprint density at radius 3 is 3.10 bits per heavy atom. The summed E-state index contributed by atoms with van der Waals surface area (Å²) in [6.45, 7) is 0. The van der Waals surface area contributed by atoms with Gasteiger partial charge >= 0.3 is 0 Å². The van der Waals surface area contributed by atoms with Gasteiger partial charge in [0.2, 0.25) is 0 Å². The van der Waals surface area contributed by atoms with Gasteiger partial charge in [-0.15, -0.1) is 0 Å². The van der Waals surface area contributed by atoms with Crippen LogP contribution in [-0.2, 0) is 0 Å². The maximum Gasteiger partial charge on any atom is 0.111 e. The summed E-state index contributed by atoms with van der Waals surface area (Å²) in [6.07, 6.45) is 3.62. The molecule has 2 aromatic heterocycles. The molecule has 0 N–H and O–H groups in total. The van der Waals surface area contributed by atoms with Crippen molar-refractivity contribution in [2.75, 3.05) is 0 Å². The summed E-state index contributed by atoms with van der Waals surface area (Å²) in [6, 6.07) is 1.99. The second-order valence-electron chi connectivity index (χ2n) is 1.83. The summed E-state index contributed by atoms with van der Waals surface area (Å²) in [4.78, 5) is 3.99. The van der Waals surface area contributed by atoms with Crippen molar-refractivity contribution < 1.29 is 0 Å². The molecule has 0 aromatic carbocycles. The molecule has 2 rings (SSSR count).